The van der Waals surface area contributed by atoms with E-state index in [9.17, 15) is 0 Å². The Labute approximate surface area is 173 Å². The summed E-state index contributed by atoms with van der Waals surface area (Å²) in [5, 5.41) is 3.03. The van der Waals surface area contributed by atoms with E-state index in [1.54, 1.807) is 0 Å². The van der Waals surface area contributed by atoms with E-state index >= 15 is 0 Å². The summed E-state index contributed by atoms with van der Waals surface area (Å²) >= 11 is 4.53. The van der Waals surface area contributed by atoms with Gasteiger partial charge in [0.25, 0.3) is 0 Å². The lowest BCUT2D eigenvalue weighted by atomic mass is 10.1. The van der Waals surface area contributed by atoms with Crippen LogP contribution >= 0.6 is 12.6 Å². The third-order valence-electron chi connectivity index (χ3n) is 3.43. The van der Waals surface area contributed by atoms with Gasteiger partial charge in [-0.25, -0.2) is 0 Å². The van der Waals surface area contributed by atoms with Gasteiger partial charge < -0.3 is 29.0 Å². The van der Waals surface area contributed by atoms with Gasteiger partial charge >= 0.3 is 0 Å². The van der Waals surface area contributed by atoms with Gasteiger partial charge in [0.1, 0.15) is 4.93 Å². The van der Waals surface area contributed by atoms with Gasteiger partial charge in [-0.3, -0.25) is 0 Å². The average Bonchev–Trinajstić information content (AvgIpc) is 2.64. The van der Waals surface area contributed by atoms with Gasteiger partial charge in [-0.2, -0.15) is 0 Å². The second kappa shape index (κ2) is 22.4. The van der Waals surface area contributed by atoms with E-state index in [0.717, 1.165) is 19.6 Å². The minimum Gasteiger partial charge on any atom is -0.379 e. The average molecular weight is 412 g/mol. The number of ether oxygens (including phenoxy) is 5. The van der Waals surface area contributed by atoms with E-state index in [2.05, 4.69) is 31.8 Å². The molecule has 0 aromatic carbocycles. The highest BCUT2D eigenvalue weighted by Crippen LogP contribution is 2.19. The van der Waals surface area contributed by atoms with Gasteiger partial charge in [0.15, 0.2) is 0 Å². The Bertz CT molecular complexity index is 281. The first-order valence-electron chi connectivity index (χ1n) is 10.3. The van der Waals surface area contributed by atoms with Crippen LogP contribution in [0.25, 0.3) is 0 Å². The molecule has 0 rings (SSSR count). The van der Waals surface area contributed by atoms with Gasteiger partial charge in [-0.1, -0.05) is 27.7 Å². The summed E-state index contributed by atoms with van der Waals surface area (Å²) in [7, 11) is 1.90. The lowest BCUT2D eigenvalue weighted by Crippen LogP contribution is -2.26. The Morgan fingerprint density at radius 3 is 1.81 bits per heavy atom. The maximum Gasteiger partial charge on any atom is 0.110 e. The molecule has 166 valence electrons. The topological polar surface area (TPSA) is 58.2 Å². The van der Waals surface area contributed by atoms with Gasteiger partial charge in [-0.15, -0.1) is 12.6 Å². The van der Waals surface area contributed by atoms with Crippen LogP contribution in [0.5, 0.6) is 0 Å². The molecule has 0 fully saturated rings. The fraction of sp³-hybridized carbons (Fsp3) is 1.00. The molecule has 0 saturated heterocycles. The summed E-state index contributed by atoms with van der Waals surface area (Å²) in [4.78, 5) is -0.510. The Hall–Kier alpha value is 0.110. The van der Waals surface area contributed by atoms with E-state index in [4.69, 9.17) is 23.7 Å². The molecule has 7 heteroatoms. The molecule has 0 spiro atoms. The van der Waals surface area contributed by atoms with Gasteiger partial charge in [0.2, 0.25) is 0 Å². The minimum absolute atomic E-state index is 0.510. The Morgan fingerprint density at radius 2 is 1.26 bits per heavy atom. The molecule has 0 radical (unpaired) electrons. The van der Waals surface area contributed by atoms with E-state index in [0.29, 0.717) is 65.2 Å². The predicted octanol–water partition coefficient (Wildman–Crippen LogP) is 3.40. The molecule has 0 amide bonds. The van der Waals surface area contributed by atoms with Crippen molar-refractivity contribution in [2.75, 3.05) is 73.1 Å². The Kier molecular flexibility index (Phi) is 24.3. The second-order valence-corrected chi connectivity index (χ2v) is 7.46. The molecular formula is C20H45NO5S. The number of hydrogen-bond donors (Lipinski definition) is 2. The smallest absolute Gasteiger partial charge is 0.110 e. The van der Waals surface area contributed by atoms with Crippen LogP contribution in [0.15, 0.2) is 0 Å². The molecule has 1 unspecified atom stereocenters. The molecule has 0 aliphatic heterocycles. The van der Waals surface area contributed by atoms with Crippen molar-refractivity contribution in [3.05, 3.63) is 0 Å². The van der Waals surface area contributed by atoms with Gasteiger partial charge in [0.05, 0.1) is 52.9 Å². The zero-order valence-corrected chi connectivity index (χ0v) is 19.4. The fourth-order valence-corrected chi connectivity index (χ4v) is 1.97. The van der Waals surface area contributed by atoms with Crippen LogP contribution in [0, 0.1) is 5.92 Å². The quantitative estimate of drug-likeness (QED) is 0.193. The largest absolute Gasteiger partial charge is 0.379 e. The van der Waals surface area contributed by atoms with Gasteiger partial charge in [-0.05, 0) is 26.3 Å². The molecular weight excluding hydrogens is 366 g/mol. The van der Waals surface area contributed by atoms with Gasteiger partial charge in [0, 0.05) is 19.6 Å². The molecule has 6 nitrogen and oxygen atoms in total. The minimum atomic E-state index is -0.510. The maximum absolute atomic E-state index is 5.73. The third kappa shape index (κ3) is 26.1. The molecule has 0 heterocycles. The number of thiol groups is 1. The first kappa shape index (κ1) is 29.3. The molecule has 0 aromatic heterocycles. The van der Waals surface area contributed by atoms with Crippen LogP contribution in [0.1, 0.15) is 47.5 Å². The lowest BCUT2D eigenvalue weighted by Gasteiger charge is -2.24. The highest BCUT2D eigenvalue weighted by molar-refractivity contribution is 7.81. The van der Waals surface area contributed by atoms with Crippen molar-refractivity contribution in [2.24, 2.45) is 5.92 Å². The van der Waals surface area contributed by atoms with Crippen molar-refractivity contribution in [1.82, 2.24) is 5.32 Å². The van der Waals surface area contributed by atoms with Crippen LogP contribution < -0.4 is 5.32 Å². The Balaban J connectivity index is 0. The summed E-state index contributed by atoms with van der Waals surface area (Å²) in [6, 6.07) is 0. The van der Waals surface area contributed by atoms with Crippen LogP contribution in [-0.4, -0.2) is 78.0 Å². The summed E-state index contributed by atoms with van der Waals surface area (Å²) in [6.45, 7) is 16.8. The molecule has 1 N–H and O–H groups in total. The number of rotatable bonds is 19. The molecule has 0 saturated carbocycles. The van der Waals surface area contributed by atoms with E-state index in [-0.39, 0.29) is 0 Å². The fourth-order valence-electron chi connectivity index (χ4n) is 1.79. The monoisotopic (exact) mass is 411 g/mol. The van der Waals surface area contributed by atoms with Crippen LogP contribution in [0.4, 0.5) is 0 Å². The molecule has 27 heavy (non-hydrogen) atoms. The Morgan fingerprint density at radius 1 is 0.778 bits per heavy atom. The number of nitrogens with one attached hydrogen (secondary N) is 1. The highest BCUT2D eigenvalue weighted by atomic mass is 32.1. The van der Waals surface area contributed by atoms with Crippen molar-refractivity contribution in [1.29, 1.82) is 0 Å². The highest BCUT2D eigenvalue weighted by Gasteiger charge is 2.19. The normalized spacial score (nSPS) is 13.3. The van der Waals surface area contributed by atoms with E-state index in [1.807, 2.05) is 27.8 Å². The maximum atomic E-state index is 5.73. The van der Waals surface area contributed by atoms with Crippen molar-refractivity contribution < 1.29 is 23.7 Å². The standard InChI is InChI=1S/C18H39NO5S.C2H6/c1-17(2)5-8-20-11-14-23-15-16-24-18(3,25)6-9-21-12-13-22-10-7-19-4;1-2/h17,19,25H,5-16H2,1-4H3;1-2H3. The summed E-state index contributed by atoms with van der Waals surface area (Å²) < 4.78 is 27.6. The van der Waals surface area contributed by atoms with Crippen LogP contribution in [0.3, 0.4) is 0 Å². The molecule has 0 aliphatic carbocycles. The number of likely N-dealkylation sites (N-methyl/N-ethyl adjacent to an activating group) is 1. The van der Waals surface area contributed by atoms with Crippen molar-refractivity contribution in [3.8, 4) is 0 Å². The molecule has 0 aliphatic rings. The van der Waals surface area contributed by atoms with Crippen molar-refractivity contribution in [2.45, 2.75) is 52.4 Å². The van der Waals surface area contributed by atoms with Crippen molar-refractivity contribution in [3.63, 3.8) is 0 Å². The van der Waals surface area contributed by atoms with E-state index < -0.39 is 4.93 Å². The van der Waals surface area contributed by atoms with E-state index in [1.165, 1.54) is 0 Å². The van der Waals surface area contributed by atoms with Crippen molar-refractivity contribution >= 4 is 12.6 Å². The van der Waals surface area contributed by atoms with Crippen LogP contribution in [-0.2, 0) is 23.7 Å². The molecule has 0 bridgehead atoms. The first-order chi connectivity index (χ1) is 13.0. The third-order valence-corrected chi connectivity index (χ3v) is 3.78. The summed E-state index contributed by atoms with van der Waals surface area (Å²) in [5.41, 5.74) is 0. The number of hydrogen-bond acceptors (Lipinski definition) is 7. The van der Waals surface area contributed by atoms with Crippen LogP contribution in [0.2, 0.25) is 0 Å². The first-order valence-corrected chi connectivity index (χ1v) is 10.7. The molecule has 1 atom stereocenters. The SMILES string of the molecule is CC.CNCCOCCOCCC(C)(S)OCCOCCOCCC(C)C. The zero-order chi connectivity index (χ0) is 20.8. The lowest BCUT2D eigenvalue weighted by molar-refractivity contribution is -0.0332. The molecule has 0 aromatic rings. The summed E-state index contributed by atoms with van der Waals surface area (Å²) in [6.07, 6.45) is 1.80. The predicted molar refractivity (Wildman–Crippen MR) is 116 cm³/mol. The summed E-state index contributed by atoms with van der Waals surface area (Å²) in [5.74, 6) is 0.678. The second-order valence-electron chi connectivity index (χ2n) is 6.51. The zero-order valence-electron chi connectivity index (χ0n) is 18.6.